The molecule has 31 heavy (non-hydrogen) atoms. The van der Waals surface area contributed by atoms with Gasteiger partial charge in [-0.2, -0.15) is 0 Å². The molecule has 0 unspecified atom stereocenters. The molecule has 0 saturated heterocycles. The average molecular weight is 447 g/mol. The molecule has 1 heterocycles. The number of anilines is 1. The lowest BCUT2D eigenvalue weighted by atomic mass is 10.2. The van der Waals surface area contributed by atoms with Crippen LogP contribution in [-0.4, -0.2) is 25.5 Å². The molecule has 0 aliphatic heterocycles. The fourth-order valence-corrected chi connectivity index (χ4v) is 4.73. The van der Waals surface area contributed by atoms with Gasteiger partial charge < -0.3 is 9.15 Å². The summed E-state index contributed by atoms with van der Waals surface area (Å²) < 4.78 is 39.6. The van der Waals surface area contributed by atoms with Crippen LogP contribution in [0.15, 0.2) is 56.6 Å². The monoisotopic (exact) mass is 446 g/mol. The van der Waals surface area contributed by atoms with E-state index in [1.807, 2.05) is 13.8 Å². The topological polar surface area (TPSA) is 98.8 Å². The zero-order chi connectivity index (χ0) is 22.6. The Morgan fingerprint density at radius 3 is 2.45 bits per heavy atom. The number of nitrogens with zero attached hydrogens (tertiary/aromatic N) is 2. The van der Waals surface area contributed by atoms with Crippen LogP contribution in [0.25, 0.3) is 11.1 Å². The Morgan fingerprint density at radius 2 is 1.81 bits per heavy atom. The minimum Gasteiger partial charge on any atom is -0.494 e. The molecule has 9 heteroatoms. The van der Waals surface area contributed by atoms with E-state index in [-0.39, 0.29) is 22.6 Å². The van der Waals surface area contributed by atoms with Crippen LogP contribution in [0.5, 0.6) is 5.75 Å². The van der Waals surface area contributed by atoms with Gasteiger partial charge in [-0.3, -0.25) is 9.36 Å². The lowest BCUT2D eigenvalue weighted by Gasteiger charge is -2.23. The average Bonchev–Trinajstić information content (AvgIpc) is 3.03. The van der Waals surface area contributed by atoms with Gasteiger partial charge in [-0.25, -0.2) is 17.5 Å². The summed E-state index contributed by atoms with van der Waals surface area (Å²) in [6.07, 6.45) is 2.42. The van der Waals surface area contributed by atoms with Crippen LogP contribution in [0.3, 0.4) is 0 Å². The lowest BCUT2D eigenvalue weighted by Crippen LogP contribution is -2.36. The highest BCUT2D eigenvalue weighted by atomic mass is 32.2. The highest BCUT2D eigenvalue weighted by molar-refractivity contribution is 7.93. The summed E-state index contributed by atoms with van der Waals surface area (Å²) in [6, 6.07) is 10.5. The molecule has 0 saturated carbocycles. The number of rotatable bonds is 9. The molecule has 0 aliphatic carbocycles. The van der Waals surface area contributed by atoms with E-state index in [0.29, 0.717) is 24.3 Å². The SMILES string of the molecule is CCCCCC(=O)N(c1ccc(OCC)cc1)S(=O)(=O)c1ccc2c(c1)oc(=O)n2C. The fraction of sp³-hybridized carbons (Fsp3) is 0.364. The number of ether oxygens (including phenoxy) is 1. The fourth-order valence-electron chi connectivity index (χ4n) is 3.27. The van der Waals surface area contributed by atoms with Gasteiger partial charge >= 0.3 is 5.76 Å². The van der Waals surface area contributed by atoms with Gasteiger partial charge in [0.1, 0.15) is 5.75 Å². The maximum Gasteiger partial charge on any atom is 0.419 e. The number of amides is 1. The standard InChI is InChI=1S/C22H26N2O6S/c1-4-6-7-8-21(25)24(16-9-11-17(12-10-16)29-5-2)31(27,28)18-13-14-19-20(15-18)30-22(26)23(19)3/h9-15H,4-8H2,1-3H3. The first kappa shape index (κ1) is 22.6. The van der Waals surface area contributed by atoms with Gasteiger partial charge in [0.2, 0.25) is 5.91 Å². The summed E-state index contributed by atoms with van der Waals surface area (Å²) in [5.74, 6) is -0.537. The molecule has 0 aliphatic rings. The van der Waals surface area contributed by atoms with Crippen molar-refractivity contribution < 1.29 is 22.4 Å². The Bertz CT molecular complexity index is 1230. The van der Waals surface area contributed by atoms with Gasteiger partial charge in [0, 0.05) is 19.5 Å². The number of fused-ring (bicyclic) bond motifs is 1. The molecule has 0 spiro atoms. The molecule has 3 aromatic rings. The quantitative estimate of drug-likeness (QED) is 0.463. The predicted molar refractivity (Wildman–Crippen MR) is 118 cm³/mol. The van der Waals surface area contributed by atoms with Gasteiger partial charge in [-0.05, 0) is 49.7 Å². The number of carbonyl (C=O) groups excluding carboxylic acids is 1. The number of hydrogen-bond donors (Lipinski definition) is 0. The zero-order valence-electron chi connectivity index (χ0n) is 17.8. The number of aromatic nitrogens is 1. The molecule has 0 radical (unpaired) electrons. The van der Waals surface area contributed by atoms with Gasteiger partial charge in [-0.15, -0.1) is 0 Å². The first-order chi connectivity index (χ1) is 14.8. The molecule has 1 amide bonds. The van der Waals surface area contributed by atoms with Crippen molar-refractivity contribution in [3.05, 3.63) is 53.0 Å². The maximum atomic E-state index is 13.5. The van der Waals surface area contributed by atoms with Crippen molar-refractivity contribution in [3.63, 3.8) is 0 Å². The van der Waals surface area contributed by atoms with Crippen LogP contribution >= 0.6 is 0 Å². The molecule has 0 fully saturated rings. The summed E-state index contributed by atoms with van der Waals surface area (Å²) in [5, 5.41) is 0. The van der Waals surface area contributed by atoms with Crippen molar-refractivity contribution in [1.82, 2.24) is 4.57 Å². The molecule has 0 atom stereocenters. The van der Waals surface area contributed by atoms with Crippen LogP contribution in [-0.2, 0) is 21.9 Å². The molecule has 0 N–H and O–H groups in total. The van der Waals surface area contributed by atoms with E-state index in [9.17, 15) is 18.0 Å². The molecule has 8 nitrogen and oxygen atoms in total. The molecular weight excluding hydrogens is 420 g/mol. The summed E-state index contributed by atoms with van der Waals surface area (Å²) in [7, 11) is -2.71. The first-order valence-electron chi connectivity index (χ1n) is 10.2. The van der Waals surface area contributed by atoms with Crippen molar-refractivity contribution >= 4 is 32.7 Å². The van der Waals surface area contributed by atoms with Crippen LogP contribution < -0.4 is 14.8 Å². The van der Waals surface area contributed by atoms with E-state index < -0.39 is 21.7 Å². The Balaban J connectivity index is 2.06. The van der Waals surface area contributed by atoms with Crippen LogP contribution in [0.4, 0.5) is 5.69 Å². The number of aryl methyl sites for hydroxylation is 1. The van der Waals surface area contributed by atoms with Crippen molar-refractivity contribution in [2.45, 2.75) is 44.4 Å². The molecular formula is C22H26N2O6S. The van der Waals surface area contributed by atoms with Crippen LogP contribution in [0.2, 0.25) is 0 Å². The van der Waals surface area contributed by atoms with E-state index in [2.05, 4.69) is 0 Å². The van der Waals surface area contributed by atoms with E-state index in [1.54, 1.807) is 24.3 Å². The smallest absolute Gasteiger partial charge is 0.419 e. The van der Waals surface area contributed by atoms with Crippen molar-refractivity contribution in [2.75, 3.05) is 10.9 Å². The van der Waals surface area contributed by atoms with E-state index >= 15 is 0 Å². The second kappa shape index (κ2) is 9.38. The van der Waals surface area contributed by atoms with Crippen LogP contribution in [0.1, 0.15) is 39.5 Å². The van der Waals surface area contributed by atoms with Gasteiger partial charge in [0.05, 0.1) is 22.7 Å². The largest absolute Gasteiger partial charge is 0.494 e. The van der Waals surface area contributed by atoms with Gasteiger partial charge in [0.15, 0.2) is 5.58 Å². The Kier molecular flexibility index (Phi) is 6.84. The third-order valence-corrected chi connectivity index (χ3v) is 6.65. The summed E-state index contributed by atoms with van der Waals surface area (Å²) in [5.41, 5.74) is 0.823. The Labute approximate surface area is 181 Å². The van der Waals surface area contributed by atoms with Crippen LogP contribution in [0, 0.1) is 0 Å². The second-order valence-corrected chi connectivity index (χ2v) is 8.89. The highest BCUT2D eigenvalue weighted by Crippen LogP contribution is 2.29. The number of hydrogen-bond acceptors (Lipinski definition) is 6. The molecule has 1 aromatic heterocycles. The summed E-state index contributed by atoms with van der Waals surface area (Å²) >= 11 is 0. The number of carbonyl (C=O) groups is 1. The second-order valence-electron chi connectivity index (χ2n) is 7.10. The third-order valence-electron chi connectivity index (χ3n) is 4.90. The molecule has 2 aromatic carbocycles. The third kappa shape index (κ3) is 4.66. The summed E-state index contributed by atoms with van der Waals surface area (Å²) in [6.45, 7) is 4.33. The van der Waals surface area contributed by atoms with Crippen molar-refractivity contribution in [3.8, 4) is 5.75 Å². The van der Waals surface area contributed by atoms with Gasteiger partial charge in [0.25, 0.3) is 10.0 Å². The molecule has 0 bridgehead atoms. The molecule has 166 valence electrons. The minimum atomic E-state index is -4.24. The van der Waals surface area contributed by atoms with Gasteiger partial charge in [-0.1, -0.05) is 19.8 Å². The van der Waals surface area contributed by atoms with Crippen molar-refractivity contribution in [2.24, 2.45) is 7.05 Å². The van der Waals surface area contributed by atoms with E-state index in [4.69, 9.17) is 9.15 Å². The highest BCUT2D eigenvalue weighted by Gasteiger charge is 2.31. The Hall–Kier alpha value is -3.07. The first-order valence-corrected chi connectivity index (χ1v) is 11.6. The molecule has 3 rings (SSSR count). The Morgan fingerprint density at radius 1 is 1.10 bits per heavy atom. The predicted octanol–water partition coefficient (Wildman–Crippen LogP) is 3.83. The normalized spacial score (nSPS) is 11.6. The minimum absolute atomic E-state index is 0.100. The zero-order valence-corrected chi connectivity index (χ0v) is 18.6. The van der Waals surface area contributed by atoms with E-state index in [1.165, 1.54) is 29.8 Å². The summed E-state index contributed by atoms with van der Waals surface area (Å²) in [4.78, 5) is 24.6. The number of oxazole rings is 1. The number of unbranched alkanes of at least 4 members (excludes halogenated alkanes) is 2. The van der Waals surface area contributed by atoms with Crippen molar-refractivity contribution in [1.29, 1.82) is 0 Å². The lowest BCUT2D eigenvalue weighted by molar-refractivity contribution is -0.117. The van der Waals surface area contributed by atoms with E-state index in [0.717, 1.165) is 17.1 Å². The number of benzene rings is 2. The maximum absolute atomic E-state index is 13.5. The number of sulfonamides is 1.